The first-order valence-corrected chi connectivity index (χ1v) is 9.18. The van der Waals surface area contributed by atoms with Crippen molar-refractivity contribution in [1.29, 1.82) is 0 Å². The average Bonchev–Trinajstić information content (AvgIpc) is 3.18. The van der Waals surface area contributed by atoms with Gasteiger partial charge < -0.3 is 19.9 Å². The number of hydrogen-bond acceptors (Lipinski definition) is 6. The van der Waals surface area contributed by atoms with Crippen LogP contribution in [-0.2, 0) is 16.0 Å². The highest BCUT2D eigenvalue weighted by atomic mass is 16.5. The third-order valence-corrected chi connectivity index (χ3v) is 4.10. The molecule has 1 aromatic heterocycles. The van der Waals surface area contributed by atoms with E-state index in [1.165, 1.54) is 6.92 Å². The Morgan fingerprint density at radius 3 is 2.28 bits per heavy atom. The zero-order valence-electron chi connectivity index (χ0n) is 16.3. The lowest BCUT2D eigenvalue weighted by Crippen LogP contribution is -2.11. The summed E-state index contributed by atoms with van der Waals surface area (Å²) in [6, 6.07) is 14.3. The van der Waals surface area contributed by atoms with Crippen LogP contribution < -0.4 is 15.4 Å². The smallest absolute Gasteiger partial charge is 0.226 e. The van der Waals surface area contributed by atoms with E-state index in [-0.39, 0.29) is 11.8 Å². The largest absolute Gasteiger partial charge is 0.497 e. The molecule has 0 fully saturated rings. The van der Waals surface area contributed by atoms with Gasteiger partial charge in [-0.25, -0.2) is 0 Å². The molecule has 0 spiro atoms. The van der Waals surface area contributed by atoms with Crippen molar-refractivity contribution >= 4 is 23.2 Å². The Morgan fingerprint density at radius 2 is 1.66 bits per heavy atom. The van der Waals surface area contributed by atoms with Crippen molar-refractivity contribution in [3.05, 3.63) is 54.4 Å². The molecule has 1 heterocycles. The second-order valence-corrected chi connectivity index (χ2v) is 6.40. The Kier molecular flexibility index (Phi) is 6.57. The van der Waals surface area contributed by atoms with Crippen molar-refractivity contribution in [1.82, 2.24) is 10.1 Å². The van der Waals surface area contributed by atoms with Crippen LogP contribution in [0, 0.1) is 0 Å². The molecular formula is C21H22N4O4. The van der Waals surface area contributed by atoms with E-state index in [1.54, 1.807) is 31.4 Å². The van der Waals surface area contributed by atoms with E-state index in [9.17, 15) is 9.59 Å². The number of ether oxygens (including phenoxy) is 1. The lowest BCUT2D eigenvalue weighted by atomic mass is 10.2. The Balaban J connectivity index is 1.45. The predicted octanol–water partition coefficient (Wildman–Crippen LogP) is 3.67. The fourth-order valence-electron chi connectivity index (χ4n) is 2.68. The van der Waals surface area contributed by atoms with Crippen LogP contribution in [0.2, 0.25) is 0 Å². The molecule has 0 unspecified atom stereocenters. The zero-order valence-corrected chi connectivity index (χ0v) is 16.3. The van der Waals surface area contributed by atoms with Gasteiger partial charge in [0.25, 0.3) is 0 Å². The summed E-state index contributed by atoms with van der Waals surface area (Å²) in [6.07, 6.45) is 1.42. The molecule has 0 atom stereocenters. The van der Waals surface area contributed by atoms with E-state index < -0.39 is 0 Å². The first-order chi connectivity index (χ1) is 14.0. The van der Waals surface area contributed by atoms with Crippen molar-refractivity contribution in [2.24, 2.45) is 0 Å². The predicted molar refractivity (Wildman–Crippen MR) is 109 cm³/mol. The van der Waals surface area contributed by atoms with Crippen LogP contribution in [-0.4, -0.2) is 29.1 Å². The molecule has 0 aliphatic heterocycles. The van der Waals surface area contributed by atoms with Gasteiger partial charge in [0.1, 0.15) is 5.75 Å². The van der Waals surface area contributed by atoms with E-state index >= 15 is 0 Å². The van der Waals surface area contributed by atoms with Gasteiger partial charge in [0.2, 0.25) is 23.5 Å². The first-order valence-electron chi connectivity index (χ1n) is 9.18. The second kappa shape index (κ2) is 9.50. The van der Waals surface area contributed by atoms with Crippen LogP contribution in [0.4, 0.5) is 11.4 Å². The van der Waals surface area contributed by atoms with Crippen LogP contribution in [0.25, 0.3) is 11.4 Å². The third-order valence-electron chi connectivity index (χ3n) is 4.10. The van der Waals surface area contributed by atoms with Gasteiger partial charge in [-0.3, -0.25) is 9.59 Å². The van der Waals surface area contributed by atoms with Crippen molar-refractivity contribution < 1.29 is 18.8 Å². The number of carbonyl (C=O) groups is 2. The molecule has 29 heavy (non-hydrogen) atoms. The summed E-state index contributed by atoms with van der Waals surface area (Å²) >= 11 is 0. The molecule has 8 nitrogen and oxygen atoms in total. The van der Waals surface area contributed by atoms with Gasteiger partial charge in [-0.2, -0.15) is 4.98 Å². The lowest BCUT2D eigenvalue weighted by molar-refractivity contribution is -0.116. The Morgan fingerprint density at radius 1 is 1.00 bits per heavy atom. The van der Waals surface area contributed by atoms with Crippen molar-refractivity contribution in [2.75, 3.05) is 17.7 Å². The SMILES string of the molecule is COc1ccc(-c2noc(CCCC(=O)Nc3ccc(NC(C)=O)cc3)n2)cc1. The number of rotatable bonds is 8. The number of amides is 2. The first kappa shape index (κ1) is 20.1. The number of nitrogens with one attached hydrogen (secondary N) is 2. The number of aromatic nitrogens is 2. The highest BCUT2D eigenvalue weighted by Crippen LogP contribution is 2.20. The second-order valence-electron chi connectivity index (χ2n) is 6.40. The van der Waals surface area contributed by atoms with Crippen LogP contribution in [0.3, 0.4) is 0 Å². The minimum atomic E-state index is -0.141. The molecular weight excluding hydrogens is 372 g/mol. The van der Waals surface area contributed by atoms with Crippen molar-refractivity contribution in [2.45, 2.75) is 26.2 Å². The molecule has 3 rings (SSSR count). The summed E-state index contributed by atoms with van der Waals surface area (Å²) in [5, 5.41) is 9.48. The van der Waals surface area contributed by atoms with Gasteiger partial charge in [-0.05, 0) is 55.0 Å². The molecule has 3 aromatic rings. The minimum Gasteiger partial charge on any atom is -0.497 e. The summed E-state index contributed by atoms with van der Waals surface area (Å²) in [5.41, 5.74) is 2.18. The number of benzene rings is 2. The molecule has 2 amide bonds. The summed E-state index contributed by atoms with van der Waals surface area (Å²) in [6.45, 7) is 1.44. The number of aryl methyl sites for hydroxylation is 1. The molecule has 0 radical (unpaired) electrons. The van der Waals surface area contributed by atoms with Crippen molar-refractivity contribution in [3.8, 4) is 17.1 Å². The summed E-state index contributed by atoms with van der Waals surface area (Å²) < 4.78 is 10.4. The van der Waals surface area contributed by atoms with Gasteiger partial charge in [-0.1, -0.05) is 5.16 Å². The summed E-state index contributed by atoms with van der Waals surface area (Å²) in [5.74, 6) is 1.51. The fraction of sp³-hybridized carbons (Fsp3) is 0.238. The molecule has 0 bridgehead atoms. The minimum absolute atomic E-state index is 0.104. The van der Waals surface area contributed by atoms with E-state index in [2.05, 4.69) is 20.8 Å². The van der Waals surface area contributed by atoms with Gasteiger partial charge >= 0.3 is 0 Å². The topological polar surface area (TPSA) is 106 Å². The van der Waals surface area contributed by atoms with E-state index in [0.717, 1.165) is 11.3 Å². The van der Waals surface area contributed by atoms with E-state index in [1.807, 2.05) is 24.3 Å². The molecule has 0 saturated heterocycles. The lowest BCUT2D eigenvalue weighted by Gasteiger charge is -2.06. The number of methoxy groups -OCH3 is 1. The molecule has 8 heteroatoms. The summed E-state index contributed by atoms with van der Waals surface area (Å²) in [4.78, 5) is 27.5. The van der Waals surface area contributed by atoms with Crippen LogP contribution in [0.1, 0.15) is 25.7 Å². The Bertz CT molecular complexity index is 965. The zero-order chi connectivity index (χ0) is 20.6. The molecule has 0 saturated carbocycles. The maximum Gasteiger partial charge on any atom is 0.226 e. The maximum absolute atomic E-state index is 12.1. The molecule has 0 aliphatic carbocycles. The standard InChI is InChI=1S/C21H22N4O4/c1-14(26)22-16-8-10-17(11-9-16)23-19(27)4-3-5-20-24-21(25-29-20)15-6-12-18(28-2)13-7-15/h6-13H,3-5H2,1-2H3,(H,22,26)(H,23,27). The Hall–Kier alpha value is -3.68. The normalized spacial score (nSPS) is 10.4. The van der Waals surface area contributed by atoms with Gasteiger partial charge in [0.15, 0.2) is 0 Å². The van der Waals surface area contributed by atoms with Gasteiger partial charge in [-0.15, -0.1) is 0 Å². The third kappa shape index (κ3) is 5.90. The average molecular weight is 394 g/mol. The number of hydrogen-bond donors (Lipinski definition) is 2. The van der Waals surface area contributed by atoms with Crippen molar-refractivity contribution in [3.63, 3.8) is 0 Å². The molecule has 2 aromatic carbocycles. The van der Waals surface area contributed by atoms with E-state index in [0.29, 0.717) is 42.4 Å². The highest BCUT2D eigenvalue weighted by molar-refractivity contribution is 5.92. The van der Waals surface area contributed by atoms with Crippen LogP contribution in [0.5, 0.6) is 5.75 Å². The molecule has 0 aliphatic rings. The summed E-state index contributed by atoms with van der Waals surface area (Å²) in [7, 11) is 1.61. The molecule has 2 N–H and O–H groups in total. The van der Waals surface area contributed by atoms with Gasteiger partial charge in [0.05, 0.1) is 7.11 Å². The quantitative estimate of drug-likeness (QED) is 0.604. The number of carbonyl (C=O) groups excluding carboxylic acids is 2. The van der Waals surface area contributed by atoms with Gasteiger partial charge in [0, 0.05) is 36.7 Å². The van der Waals surface area contributed by atoms with Crippen LogP contribution >= 0.6 is 0 Å². The monoisotopic (exact) mass is 394 g/mol. The molecule has 150 valence electrons. The van der Waals surface area contributed by atoms with Crippen LogP contribution in [0.15, 0.2) is 53.1 Å². The highest BCUT2D eigenvalue weighted by Gasteiger charge is 2.10. The fourth-order valence-corrected chi connectivity index (χ4v) is 2.68. The van der Waals surface area contributed by atoms with E-state index in [4.69, 9.17) is 9.26 Å². The number of nitrogens with zero attached hydrogens (tertiary/aromatic N) is 2. The maximum atomic E-state index is 12.1. The Labute approximate surface area is 168 Å². The number of anilines is 2.